The zero-order valence-corrected chi connectivity index (χ0v) is 16.7. The van der Waals surface area contributed by atoms with E-state index in [1.165, 1.54) is 49.7 Å². The van der Waals surface area contributed by atoms with Crippen LogP contribution in [0.2, 0.25) is 0 Å². The molecule has 2 aromatic rings. The van der Waals surface area contributed by atoms with Gasteiger partial charge in [-0.3, -0.25) is 4.79 Å². The normalized spacial score (nSPS) is 32.8. The fourth-order valence-corrected chi connectivity index (χ4v) is 6.68. The third kappa shape index (κ3) is 2.88. The van der Waals surface area contributed by atoms with Crippen molar-refractivity contribution >= 4 is 16.9 Å². The van der Waals surface area contributed by atoms with E-state index in [-0.39, 0.29) is 11.9 Å². The minimum atomic E-state index is 0.0756. The molecule has 1 N–H and O–H groups in total. The van der Waals surface area contributed by atoms with Crippen molar-refractivity contribution in [2.24, 2.45) is 23.2 Å². The van der Waals surface area contributed by atoms with Gasteiger partial charge in [0.2, 0.25) is 5.91 Å². The summed E-state index contributed by atoms with van der Waals surface area (Å²) < 4.78 is 5.46. The summed E-state index contributed by atoms with van der Waals surface area (Å²) in [7, 11) is 0. The molecule has 1 amide bonds. The van der Waals surface area contributed by atoms with Crippen LogP contribution in [-0.2, 0) is 11.2 Å². The van der Waals surface area contributed by atoms with Crippen molar-refractivity contribution in [2.75, 3.05) is 0 Å². The maximum atomic E-state index is 12.8. The Bertz CT molecular complexity index is 862. The number of fused-ring (bicyclic) bond motifs is 1. The van der Waals surface area contributed by atoms with Crippen molar-refractivity contribution in [3.63, 3.8) is 0 Å². The molecular weight excluding hydrogens is 336 g/mol. The van der Waals surface area contributed by atoms with Crippen LogP contribution in [0.4, 0.5) is 0 Å². The predicted molar refractivity (Wildman–Crippen MR) is 105 cm³/mol. The van der Waals surface area contributed by atoms with Crippen LogP contribution in [0.1, 0.15) is 62.3 Å². The minimum Gasteiger partial charge on any atom is -0.356 e. The van der Waals surface area contributed by atoms with E-state index >= 15 is 0 Å². The molecule has 1 atom stereocenters. The lowest BCUT2D eigenvalue weighted by Gasteiger charge is -2.59. The van der Waals surface area contributed by atoms with Gasteiger partial charge in [-0.25, -0.2) is 0 Å². The molecule has 1 unspecified atom stereocenters. The third-order valence-corrected chi connectivity index (χ3v) is 7.87. The van der Waals surface area contributed by atoms with Crippen molar-refractivity contribution in [1.29, 1.82) is 0 Å². The van der Waals surface area contributed by atoms with E-state index in [1.807, 2.05) is 6.07 Å². The molecule has 1 aromatic heterocycles. The van der Waals surface area contributed by atoms with Gasteiger partial charge in [-0.15, -0.1) is 0 Å². The Morgan fingerprint density at radius 2 is 1.74 bits per heavy atom. The van der Waals surface area contributed by atoms with Crippen LogP contribution < -0.4 is 5.32 Å². The maximum Gasteiger partial charge on any atom is 0.226 e. The van der Waals surface area contributed by atoms with Gasteiger partial charge in [-0.1, -0.05) is 5.16 Å². The van der Waals surface area contributed by atoms with E-state index in [2.05, 4.69) is 37.3 Å². The molecule has 0 spiro atoms. The first-order chi connectivity index (χ1) is 12.9. The monoisotopic (exact) mass is 366 g/mol. The summed E-state index contributed by atoms with van der Waals surface area (Å²) in [5.41, 5.74) is 4.25. The molecule has 1 heterocycles. The van der Waals surface area contributed by atoms with E-state index in [4.69, 9.17) is 4.52 Å². The van der Waals surface area contributed by atoms with Gasteiger partial charge in [0, 0.05) is 11.4 Å². The van der Waals surface area contributed by atoms with E-state index < -0.39 is 0 Å². The van der Waals surface area contributed by atoms with Crippen LogP contribution in [0.25, 0.3) is 11.0 Å². The Kier molecular flexibility index (Phi) is 3.89. The van der Waals surface area contributed by atoms with Crippen molar-refractivity contribution < 1.29 is 9.32 Å². The molecule has 4 heteroatoms. The number of carbonyl (C=O) groups is 1. The summed E-state index contributed by atoms with van der Waals surface area (Å²) >= 11 is 0. The van der Waals surface area contributed by atoms with Crippen molar-refractivity contribution in [1.82, 2.24) is 10.5 Å². The molecule has 4 fully saturated rings. The fourth-order valence-electron chi connectivity index (χ4n) is 6.68. The number of carbonyl (C=O) groups excluding carboxylic acids is 1. The Morgan fingerprint density at radius 3 is 2.37 bits per heavy atom. The Morgan fingerprint density at radius 1 is 1.15 bits per heavy atom. The largest absolute Gasteiger partial charge is 0.356 e. The highest BCUT2D eigenvalue weighted by Crippen LogP contribution is 2.61. The molecule has 27 heavy (non-hydrogen) atoms. The van der Waals surface area contributed by atoms with Gasteiger partial charge in [0.05, 0.1) is 6.42 Å². The van der Waals surface area contributed by atoms with Crippen molar-refractivity contribution in [2.45, 2.75) is 71.8 Å². The number of amides is 1. The molecule has 0 radical (unpaired) electrons. The molecule has 1 aromatic carbocycles. The molecule has 4 nitrogen and oxygen atoms in total. The molecule has 0 aliphatic heterocycles. The van der Waals surface area contributed by atoms with Crippen LogP contribution in [0, 0.1) is 37.0 Å². The number of aromatic nitrogens is 1. The first-order valence-corrected chi connectivity index (χ1v) is 10.6. The van der Waals surface area contributed by atoms with Gasteiger partial charge in [0.15, 0.2) is 5.58 Å². The average molecular weight is 367 g/mol. The second-order valence-corrected chi connectivity index (χ2v) is 9.81. The first-order valence-electron chi connectivity index (χ1n) is 10.6. The summed E-state index contributed by atoms with van der Waals surface area (Å²) in [5.74, 6) is 2.79. The molecule has 144 valence electrons. The SMILES string of the molecule is Cc1cc2onc(CC(=O)NC(C)C34CC5CC(CC(C5)C3)C4)c2cc1C. The quantitative estimate of drug-likeness (QED) is 0.853. The number of nitrogens with one attached hydrogen (secondary N) is 1. The molecule has 4 aliphatic rings. The minimum absolute atomic E-state index is 0.0756. The van der Waals surface area contributed by atoms with Crippen LogP contribution >= 0.6 is 0 Å². The summed E-state index contributed by atoms with van der Waals surface area (Å²) in [5, 5.41) is 8.49. The number of aryl methyl sites for hydroxylation is 2. The predicted octanol–water partition coefficient (Wildman–Crippen LogP) is 4.71. The number of rotatable bonds is 4. The topological polar surface area (TPSA) is 55.1 Å². The maximum absolute atomic E-state index is 12.8. The summed E-state index contributed by atoms with van der Waals surface area (Å²) in [4.78, 5) is 12.8. The number of benzene rings is 1. The van der Waals surface area contributed by atoms with E-state index in [1.54, 1.807) is 0 Å². The second kappa shape index (κ2) is 6.08. The third-order valence-electron chi connectivity index (χ3n) is 7.87. The fraction of sp³-hybridized carbons (Fsp3) is 0.652. The highest BCUT2D eigenvalue weighted by atomic mass is 16.5. The van der Waals surface area contributed by atoms with Gasteiger partial charge < -0.3 is 9.84 Å². The smallest absolute Gasteiger partial charge is 0.226 e. The Hall–Kier alpha value is -1.84. The van der Waals surface area contributed by atoms with Crippen LogP contribution in [0.5, 0.6) is 0 Å². The van der Waals surface area contributed by atoms with Gasteiger partial charge in [0.25, 0.3) is 0 Å². The zero-order valence-electron chi connectivity index (χ0n) is 16.7. The van der Waals surface area contributed by atoms with Crippen molar-refractivity contribution in [3.05, 3.63) is 29.0 Å². The molecule has 6 rings (SSSR count). The zero-order chi connectivity index (χ0) is 18.8. The molecule has 0 saturated heterocycles. The van der Waals surface area contributed by atoms with E-state index in [0.29, 0.717) is 11.8 Å². The Balaban J connectivity index is 1.30. The second-order valence-electron chi connectivity index (χ2n) is 9.81. The summed E-state index contributed by atoms with van der Waals surface area (Å²) in [6, 6.07) is 4.35. The first kappa shape index (κ1) is 17.3. The van der Waals surface area contributed by atoms with Gasteiger partial charge in [-0.05, 0) is 106 Å². The van der Waals surface area contributed by atoms with Crippen LogP contribution in [0.3, 0.4) is 0 Å². The number of hydrogen-bond donors (Lipinski definition) is 1. The number of hydrogen-bond acceptors (Lipinski definition) is 3. The van der Waals surface area contributed by atoms with E-state index in [0.717, 1.165) is 34.4 Å². The van der Waals surface area contributed by atoms with Crippen LogP contribution in [-0.4, -0.2) is 17.1 Å². The lowest BCUT2D eigenvalue weighted by molar-refractivity contribution is -0.125. The molecule has 4 saturated carbocycles. The molecule has 4 aliphatic carbocycles. The van der Waals surface area contributed by atoms with Crippen molar-refractivity contribution in [3.8, 4) is 0 Å². The summed E-state index contributed by atoms with van der Waals surface area (Å²) in [6.07, 6.45) is 8.53. The van der Waals surface area contributed by atoms with Crippen LogP contribution in [0.15, 0.2) is 16.7 Å². The summed E-state index contributed by atoms with van der Waals surface area (Å²) in [6.45, 7) is 6.39. The standard InChI is InChI=1S/C23H30N2O2/c1-13-4-19-20(25-27-21(19)5-14(13)2)9-22(26)24-15(3)23-10-16-6-17(11-23)8-18(7-16)12-23/h4-5,15-18H,6-12H2,1-3H3,(H,24,26). The molecular formula is C23H30N2O2. The lowest BCUT2D eigenvalue weighted by Crippen LogP contribution is -2.56. The molecule has 4 bridgehead atoms. The van der Waals surface area contributed by atoms with Gasteiger partial charge in [-0.2, -0.15) is 0 Å². The lowest BCUT2D eigenvalue weighted by atomic mass is 9.48. The Labute approximate surface area is 161 Å². The number of nitrogens with zero attached hydrogens (tertiary/aromatic N) is 1. The highest BCUT2D eigenvalue weighted by molar-refractivity contribution is 5.87. The van der Waals surface area contributed by atoms with E-state index in [9.17, 15) is 4.79 Å². The van der Waals surface area contributed by atoms with Gasteiger partial charge >= 0.3 is 0 Å². The highest BCUT2D eigenvalue weighted by Gasteiger charge is 2.53. The average Bonchev–Trinajstić information content (AvgIpc) is 2.95. The van der Waals surface area contributed by atoms with Gasteiger partial charge in [0.1, 0.15) is 5.69 Å².